The molecule has 2 amide bonds. The minimum atomic E-state index is -4.66. The predicted molar refractivity (Wildman–Crippen MR) is 141 cm³/mol. The highest BCUT2D eigenvalue weighted by Crippen LogP contribution is 2.33. The summed E-state index contributed by atoms with van der Waals surface area (Å²) < 4.78 is 66.2. The molecule has 0 saturated heterocycles. The molecular weight excluding hydrogens is 546 g/mol. The summed E-state index contributed by atoms with van der Waals surface area (Å²) in [4.78, 5) is 29.9. The second-order valence-corrected chi connectivity index (χ2v) is 12.5. The van der Waals surface area contributed by atoms with Crippen molar-refractivity contribution in [1.29, 1.82) is 0 Å². The Hall–Kier alpha value is -3.81. The van der Waals surface area contributed by atoms with E-state index < -0.39 is 50.7 Å². The average molecular weight is 574 g/mol. The number of ether oxygens (including phenoxy) is 2. The Morgan fingerprint density at radius 2 is 1.49 bits per heavy atom. The van der Waals surface area contributed by atoms with E-state index in [1.807, 2.05) is 0 Å². The molecule has 206 valence electrons. The van der Waals surface area contributed by atoms with E-state index in [0.29, 0.717) is 21.6 Å². The number of fused-ring (bicyclic) bond motifs is 1. The van der Waals surface area contributed by atoms with Crippen LogP contribution in [0.25, 0.3) is 0 Å². The number of sulfonamides is 2. The first-order valence-electron chi connectivity index (χ1n) is 12.1. The van der Waals surface area contributed by atoms with Crippen molar-refractivity contribution in [3.63, 3.8) is 0 Å². The van der Waals surface area contributed by atoms with Crippen LogP contribution in [0.3, 0.4) is 0 Å². The van der Waals surface area contributed by atoms with Gasteiger partial charge in [0.1, 0.15) is 0 Å². The molecule has 2 heterocycles. The van der Waals surface area contributed by atoms with Crippen LogP contribution in [-0.4, -0.2) is 67.8 Å². The number of aromatic nitrogens is 1. The molecule has 0 saturated carbocycles. The van der Waals surface area contributed by atoms with Gasteiger partial charge >= 0.3 is 0 Å². The number of carbonyl (C=O) groups is 2. The van der Waals surface area contributed by atoms with Gasteiger partial charge in [0.05, 0.1) is 41.5 Å². The molecule has 1 aliphatic heterocycles. The predicted octanol–water partition coefficient (Wildman–Crippen LogP) is 2.70. The smallest absolute Gasteiger partial charge is 0.261 e. The van der Waals surface area contributed by atoms with E-state index in [1.165, 1.54) is 42.7 Å². The molecular formula is C26H27N3O8S2. The number of hydrogen-bond acceptors (Lipinski definition) is 9. The fraction of sp³-hybridized carbons (Fsp3) is 0.269. The number of nitrogens with zero attached hydrogens (tertiary/aromatic N) is 3. The topological polar surface area (TPSA) is 140 Å². The van der Waals surface area contributed by atoms with Crippen LogP contribution in [0.1, 0.15) is 40.1 Å². The van der Waals surface area contributed by atoms with E-state index in [2.05, 4.69) is 4.98 Å². The van der Waals surface area contributed by atoms with Gasteiger partial charge in [-0.3, -0.25) is 19.5 Å². The molecule has 0 unspecified atom stereocenters. The SMILES string of the molecule is CCOc1ccc(S(=O)(=O)N(Cc2cccnc2)S(=O)(=O)CCN2C(=O)c3ccccc3C2=O)cc1OCC. The van der Waals surface area contributed by atoms with Crippen molar-refractivity contribution in [1.82, 2.24) is 13.6 Å². The monoisotopic (exact) mass is 573 g/mol. The normalized spacial score (nSPS) is 13.6. The van der Waals surface area contributed by atoms with Gasteiger partial charge in [0.15, 0.2) is 11.5 Å². The maximum Gasteiger partial charge on any atom is 0.261 e. The minimum Gasteiger partial charge on any atom is -0.490 e. The lowest BCUT2D eigenvalue weighted by molar-refractivity contribution is 0.0664. The third kappa shape index (κ3) is 5.79. The molecule has 39 heavy (non-hydrogen) atoms. The van der Waals surface area contributed by atoms with Crippen LogP contribution in [0.15, 0.2) is 71.9 Å². The molecule has 1 aliphatic rings. The van der Waals surface area contributed by atoms with Crippen molar-refractivity contribution in [2.24, 2.45) is 0 Å². The van der Waals surface area contributed by atoms with Gasteiger partial charge in [0.25, 0.3) is 21.8 Å². The lowest BCUT2D eigenvalue weighted by Gasteiger charge is -2.24. The summed E-state index contributed by atoms with van der Waals surface area (Å²) in [6.07, 6.45) is 2.83. The summed E-state index contributed by atoms with van der Waals surface area (Å²) >= 11 is 0. The number of benzene rings is 2. The quantitative estimate of drug-likeness (QED) is 0.299. The van der Waals surface area contributed by atoms with Crippen molar-refractivity contribution in [3.8, 4) is 11.5 Å². The molecule has 0 bridgehead atoms. The van der Waals surface area contributed by atoms with Gasteiger partial charge in [-0.25, -0.2) is 16.8 Å². The number of rotatable bonds is 12. The van der Waals surface area contributed by atoms with Crippen molar-refractivity contribution >= 4 is 31.9 Å². The molecule has 11 nitrogen and oxygen atoms in total. The maximum absolute atomic E-state index is 13.8. The molecule has 0 atom stereocenters. The van der Waals surface area contributed by atoms with E-state index in [0.717, 1.165) is 4.90 Å². The van der Waals surface area contributed by atoms with Gasteiger partial charge in [-0.15, -0.1) is 0 Å². The number of imide groups is 1. The fourth-order valence-electron chi connectivity index (χ4n) is 4.03. The molecule has 3 aromatic rings. The van der Waals surface area contributed by atoms with Crippen molar-refractivity contribution in [3.05, 3.63) is 83.7 Å². The van der Waals surface area contributed by atoms with Crippen molar-refractivity contribution in [2.45, 2.75) is 25.3 Å². The minimum absolute atomic E-state index is 0.144. The number of carbonyl (C=O) groups excluding carboxylic acids is 2. The summed E-state index contributed by atoms with van der Waals surface area (Å²) in [7, 11) is -9.26. The van der Waals surface area contributed by atoms with Gasteiger partial charge < -0.3 is 9.47 Å². The van der Waals surface area contributed by atoms with Gasteiger partial charge in [0, 0.05) is 25.0 Å². The largest absolute Gasteiger partial charge is 0.490 e. The lowest BCUT2D eigenvalue weighted by Crippen LogP contribution is -2.42. The Morgan fingerprint density at radius 3 is 2.08 bits per heavy atom. The highest BCUT2D eigenvalue weighted by Gasteiger charge is 2.40. The van der Waals surface area contributed by atoms with E-state index in [-0.39, 0.29) is 28.4 Å². The molecule has 4 rings (SSSR count). The maximum atomic E-state index is 13.8. The molecule has 1 aromatic heterocycles. The highest BCUT2D eigenvalue weighted by molar-refractivity contribution is 8.04. The number of hydrogen-bond donors (Lipinski definition) is 0. The second kappa shape index (κ2) is 11.5. The lowest BCUT2D eigenvalue weighted by atomic mass is 10.1. The third-order valence-corrected chi connectivity index (χ3v) is 10.1. The zero-order valence-electron chi connectivity index (χ0n) is 21.3. The first-order chi connectivity index (χ1) is 18.6. The zero-order valence-corrected chi connectivity index (χ0v) is 22.9. The van der Waals surface area contributed by atoms with Gasteiger partial charge in [-0.05, 0) is 49.7 Å². The Bertz CT molecular complexity index is 1560. The standard InChI is InChI=1S/C26H27N3O8S2/c1-3-36-23-12-11-20(16-24(23)37-4-2)39(34,35)29(18-19-8-7-13-27-17-19)38(32,33)15-14-28-25(30)21-9-5-6-10-22(21)26(28)31/h5-13,16-17H,3-4,14-15,18H2,1-2H3. The molecule has 0 aliphatic carbocycles. The van der Waals surface area contributed by atoms with Crippen LogP contribution in [0.2, 0.25) is 0 Å². The van der Waals surface area contributed by atoms with E-state index >= 15 is 0 Å². The Kier molecular flexibility index (Phi) is 8.33. The van der Waals surface area contributed by atoms with Crippen LogP contribution in [-0.2, 0) is 26.6 Å². The summed E-state index contributed by atoms with van der Waals surface area (Å²) in [5, 5.41) is 0. The van der Waals surface area contributed by atoms with Gasteiger partial charge in [-0.2, -0.15) is 0 Å². The molecule has 0 N–H and O–H groups in total. The molecule has 2 aromatic carbocycles. The van der Waals surface area contributed by atoms with E-state index in [9.17, 15) is 26.4 Å². The van der Waals surface area contributed by atoms with Crippen LogP contribution in [0.5, 0.6) is 11.5 Å². The van der Waals surface area contributed by atoms with Crippen molar-refractivity contribution < 1.29 is 35.9 Å². The summed E-state index contributed by atoms with van der Waals surface area (Å²) in [5.74, 6) is -1.63. The van der Waals surface area contributed by atoms with Crippen LogP contribution in [0, 0.1) is 0 Å². The van der Waals surface area contributed by atoms with Gasteiger partial charge in [-0.1, -0.05) is 21.9 Å². The summed E-state index contributed by atoms with van der Waals surface area (Å²) in [5.41, 5.74) is 0.650. The molecule has 0 fully saturated rings. The molecule has 0 spiro atoms. The first kappa shape index (κ1) is 28.2. The third-order valence-electron chi connectivity index (χ3n) is 5.88. The molecule has 0 radical (unpaired) electrons. The Labute approximate surface area is 227 Å². The fourth-order valence-corrected chi connectivity index (χ4v) is 7.72. The summed E-state index contributed by atoms with van der Waals surface area (Å²) in [6.45, 7) is 2.94. The summed E-state index contributed by atoms with van der Waals surface area (Å²) in [6, 6.07) is 13.1. The second-order valence-electron chi connectivity index (χ2n) is 8.40. The first-order valence-corrected chi connectivity index (χ1v) is 15.1. The molecule has 13 heteroatoms. The average Bonchev–Trinajstić information content (AvgIpc) is 3.17. The number of amides is 2. The van der Waals surface area contributed by atoms with E-state index in [4.69, 9.17) is 9.47 Å². The number of pyridine rings is 1. The van der Waals surface area contributed by atoms with Crippen molar-refractivity contribution in [2.75, 3.05) is 25.5 Å². The van der Waals surface area contributed by atoms with Crippen LogP contribution >= 0.6 is 0 Å². The van der Waals surface area contributed by atoms with Gasteiger partial charge in [0.2, 0.25) is 10.0 Å². The van der Waals surface area contributed by atoms with Crippen LogP contribution in [0.4, 0.5) is 0 Å². The Balaban J connectivity index is 1.68. The van der Waals surface area contributed by atoms with E-state index in [1.54, 1.807) is 38.1 Å². The van der Waals surface area contributed by atoms with Crippen LogP contribution < -0.4 is 9.47 Å². The highest BCUT2D eigenvalue weighted by atomic mass is 32.3. The zero-order chi connectivity index (χ0) is 28.2. The Morgan fingerprint density at radius 1 is 0.846 bits per heavy atom.